The number of hydrogen-bond acceptors (Lipinski definition) is 2. The molecule has 0 atom stereocenters. The van der Waals surface area contributed by atoms with Crippen molar-refractivity contribution in [1.29, 1.82) is 0 Å². The van der Waals surface area contributed by atoms with Crippen LogP contribution in [0, 0.1) is 0 Å². The molecule has 0 unspecified atom stereocenters. The maximum atomic E-state index is 12.4. The smallest absolute Gasteiger partial charge is 0.320 e. The summed E-state index contributed by atoms with van der Waals surface area (Å²) >= 11 is 0. The predicted molar refractivity (Wildman–Crippen MR) is 86.8 cm³/mol. The van der Waals surface area contributed by atoms with E-state index in [4.69, 9.17) is 0 Å². The first-order valence-electron chi connectivity index (χ1n) is 7.62. The number of carbonyl (C=O) groups is 1. The summed E-state index contributed by atoms with van der Waals surface area (Å²) in [4.78, 5) is 14.2. The number of nitrogens with one attached hydrogen (secondary N) is 1. The van der Waals surface area contributed by atoms with Crippen LogP contribution in [0.5, 0.6) is 0 Å². The van der Waals surface area contributed by atoms with Gasteiger partial charge in [0.2, 0.25) is 0 Å². The molecule has 2 amide bonds. The third kappa shape index (κ3) is 2.84. The second-order valence-electron chi connectivity index (χ2n) is 6.67. The molecule has 0 radical (unpaired) electrons. The SMILES string of the molecule is CC(C)(C)n1ncc2c1CCN(C(=O)Nc1ccccc1)C2. The van der Waals surface area contributed by atoms with Gasteiger partial charge in [0.1, 0.15) is 0 Å². The Balaban J connectivity index is 1.72. The van der Waals surface area contributed by atoms with Crippen LogP contribution < -0.4 is 5.32 Å². The first-order chi connectivity index (χ1) is 10.4. The summed E-state index contributed by atoms with van der Waals surface area (Å²) in [6.45, 7) is 7.77. The highest BCUT2D eigenvalue weighted by Crippen LogP contribution is 2.24. The number of aromatic nitrogens is 2. The summed E-state index contributed by atoms with van der Waals surface area (Å²) in [6, 6.07) is 9.49. The molecule has 0 spiro atoms. The topological polar surface area (TPSA) is 50.2 Å². The van der Waals surface area contributed by atoms with Crippen molar-refractivity contribution in [3.63, 3.8) is 0 Å². The molecular formula is C17H22N4O. The van der Waals surface area contributed by atoms with Crippen LogP contribution in [0.2, 0.25) is 0 Å². The van der Waals surface area contributed by atoms with E-state index in [-0.39, 0.29) is 11.6 Å². The van der Waals surface area contributed by atoms with E-state index in [1.54, 1.807) is 0 Å². The van der Waals surface area contributed by atoms with Gasteiger partial charge in [0.05, 0.1) is 18.3 Å². The minimum atomic E-state index is -0.0552. The van der Waals surface area contributed by atoms with Crippen LogP contribution in [0.4, 0.5) is 10.5 Å². The normalized spacial score (nSPS) is 14.6. The van der Waals surface area contributed by atoms with Crippen molar-refractivity contribution < 1.29 is 4.79 Å². The molecule has 0 fully saturated rings. The first-order valence-corrected chi connectivity index (χ1v) is 7.62. The number of anilines is 1. The highest BCUT2D eigenvalue weighted by Gasteiger charge is 2.27. The highest BCUT2D eigenvalue weighted by molar-refractivity contribution is 5.89. The van der Waals surface area contributed by atoms with Gasteiger partial charge in [-0.25, -0.2) is 4.79 Å². The average molecular weight is 298 g/mol. The number of nitrogens with zero attached hydrogens (tertiary/aromatic N) is 3. The lowest BCUT2D eigenvalue weighted by Crippen LogP contribution is -2.40. The number of amides is 2. The number of para-hydroxylation sites is 1. The van der Waals surface area contributed by atoms with Gasteiger partial charge < -0.3 is 10.2 Å². The molecule has 22 heavy (non-hydrogen) atoms. The fourth-order valence-corrected chi connectivity index (χ4v) is 2.81. The zero-order chi connectivity index (χ0) is 15.7. The minimum absolute atomic E-state index is 0.0257. The average Bonchev–Trinajstić information content (AvgIpc) is 2.91. The first kappa shape index (κ1) is 14.6. The molecule has 116 valence electrons. The van der Waals surface area contributed by atoms with Crippen molar-refractivity contribution in [2.24, 2.45) is 0 Å². The zero-order valence-electron chi connectivity index (χ0n) is 13.3. The molecule has 1 aromatic heterocycles. The maximum absolute atomic E-state index is 12.4. The van der Waals surface area contributed by atoms with Gasteiger partial charge in [-0.1, -0.05) is 18.2 Å². The van der Waals surface area contributed by atoms with Gasteiger partial charge in [-0.2, -0.15) is 5.10 Å². The van der Waals surface area contributed by atoms with E-state index < -0.39 is 0 Å². The summed E-state index contributed by atoms with van der Waals surface area (Å²) in [5, 5.41) is 7.44. The number of benzene rings is 1. The molecule has 1 aliphatic heterocycles. The Labute approximate surface area is 130 Å². The Morgan fingerprint density at radius 3 is 2.64 bits per heavy atom. The van der Waals surface area contributed by atoms with E-state index in [0.717, 1.165) is 17.7 Å². The Morgan fingerprint density at radius 2 is 1.95 bits per heavy atom. The fraction of sp³-hybridized carbons (Fsp3) is 0.412. The van der Waals surface area contributed by atoms with Gasteiger partial charge in [0.25, 0.3) is 0 Å². The highest BCUT2D eigenvalue weighted by atomic mass is 16.2. The number of hydrogen-bond donors (Lipinski definition) is 1. The van der Waals surface area contributed by atoms with Crippen molar-refractivity contribution in [1.82, 2.24) is 14.7 Å². The molecule has 0 saturated carbocycles. The van der Waals surface area contributed by atoms with Gasteiger partial charge in [0.15, 0.2) is 0 Å². The Morgan fingerprint density at radius 1 is 1.23 bits per heavy atom. The van der Waals surface area contributed by atoms with E-state index in [0.29, 0.717) is 13.1 Å². The van der Waals surface area contributed by atoms with Crippen molar-refractivity contribution in [2.45, 2.75) is 39.3 Å². The van der Waals surface area contributed by atoms with Crippen LogP contribution in [0.25, 0.3) is 0 Å². The number of rotatable bonds is 1. The van der Waals surface area contributed by atoms with Gasteiger partial charge in [0, 0.05) is 29.9 Å². The van der Waals surface area contributed by atoms with E-state index >= 15 is 0 Å². The molecule has 0 aliphatic carbocycles. The molecule has 2 heterocycles. The second-order valence-corrected chi connectivity index (χ2v) is 6.67. The lowest BCUT2D eigenvalue weighted by Gasteiger charge is -2.30. The molecule has 5 nitrogen and oxygen atoms in total. The lowest BCUT2D eigenvalue weighted by molar-refractivity contribution is 0.204. The van der Waals surface area contributed by atoms with Crippen molar-refractivity contribution in [3.8, 4) is 0 Å². The van der Waals surface area contributed by atoms with Crippen molar-refractivity contribution >= 4 is 11.7 Å². The predicted octanol–water partition coefficient (Wildman–Crippen LogP) is 3.23. The molecular weight excluding hydrogens is 276 g/mol. The molecule has 0 saturated heterocycles. The van der Waals surface area contributed by atoms with Crippen LogP contribution >= 0.6 is 0 Å². The molecule has 1 N–H and O–H groups in total. The van der Waals surface area contributed by atoms with Crippen LogP contribution in [-0.4, -0.2) is 27.3 Å². The van der Waals surface area contributed by atoms with E-state index in [1.165, 1.54) is 5.69 Å². The van der Waals surface area contributed by atoms with Gasteiger partial charge in [-0.05, 0) is 32.9 Å². The quantitative estimate of drug-likeness (QED) is 0.878. The molecule has 0 bridgehead atoms. The van der Waals surface area contributed by atoms with Crippen molar-refractivity contribution in [3.05, 3.63) is 47.8 Å². The number of fused-ring (bicyclic) bond motifs is 1. The van der Waals surface area contributed by atoms with E-state index in [1.807, 2.05) is 41.4 Å². The third-order valence-electron chi connectivity index (χ3n) is 3.88. The summed E-state index contributed by atoms with van der Waals surface area (Å²) in [7, 11) is 0. The zero-order valence-corrected chi connectivity index (χ0v) is 13.3. The third-order valence-corrected chi connectivity index (χ3v) is 3.88. The van der Waals surface area contributed by atoms with E-state index in [2.05, 4.69) is 35.9 Å². The van der Waals surface area contributed by atoms with Crippen LogP contribution in [-0.2, 0) is 18.5 Å². The Kier molecular flexibility index (Phi) is 3.64. The van der Waals surface area contributed by atoms with Crippen LogP contribution in [0.3, 0.4) is 0 Å². The number of carbonyl (C=O) groups excluding carboxylic acids is 1. The summed E-state index contributed by atoms with van der Waals surface area (Å²) < 4.78 is 2.08. The van der Waals surface area contributed by atoms with Gasteiger partial charge in [-0.15, -0.1) is 0 Å². The standard InChI is InChI=1S/C17H22N4O/c1-17(2,3)21-15-9-10-20(12-13(15)11-18-21)16(22)19-14-7-5-4-6-8-14/h4-8,11H,9-10,12H2,1-3H3,(H,19,22). The lowest BCUT2D eigenvalue weighted by atomic mass is 10.0. The molecule has 5 heteroatoms. The Bertz CT molecular complexity index is 670. The van der Waals surface area contributed by atoms with Gasteiger partial charge >= 0.3 is 6.03 Å². The minimum Gasteiger partial charge on any atom is -0.320 e. The molecule has 3 rings (SSSR count). The maximum Gasteiger partial charge on any atom is 0.322 e. The summed E-state index contributed by atoms with van der Waals surface area (Å²) in [5.41, 5.74) is 3.19. The molecule has 1 aliphatic rings. The van der Waals surface area contributed by atoms with Crippen LogP contribution in [0.1, 0.15) is 32.0 Å². The van der Waals surface area contributed by atoms with Crippen LogP contribution in [0.15, 0.2) is 36.5 Å². The molecule has 2 aromatic rings. The second kappa shape index (κ2) is 5.48. The summed E-state index contributed by atoms with van der Waals surface area (Å²) in [5.74, 6) is 0. The van der Waals surface area contributed by atoms with E-state index in [9.17, 15) is 4.79 Å². The number of urea groups is 1. The van der Waals surface area contributed by atoms with Gasteiger partial charge in [-0.3, -0.25) is 4.68 Å². The largest absolute Gasteiger partial charge is 0.322 e. The fourth-order valence-electron chi connectivity index (χ4n) is 2.81. The Hall–Kier alpha value is -2.30. The van der Waals surface area contributed by atoms with Crippen molar-refractivity contribution in [2.75, 3.05) is 11.9 Å². The monoisotopic (exact) mass is 298 g/mol. The summed E-state index contributed by atoms with van der Waals surface area (Å²) in [6.07, 6.45) is 2.73. The molecule has 1 aromatic carbocycles.